The highest BCUT2D eigenvalue weighted by atomic mass is 35.5. The first-order valence-corrected chi connectivity index (χ1v) is 6.99. The lowest BCUT2D eigenvalue weighted by atomic mass is 10.2. The van der Waals surface area contributed by atoms with E-state index in [1.807, 2.05) is 13.8 Å². The molecule has 2 aromatic rings. The molecular weight excluding hydrogens is 303 g/mol. The maximum absolute atomic E-state index is 6.05. The molecular formula is C12H12Cl2N4S. The van der Waals surface area contributed by atoms with Gasteiger partial charge in [0.2, 0.25) is 0 Å². The summed E-state index contributed by atoms with van der Waals surface area (Å²) in [6.45, 7) is 3.76. The van der Waals surface area contributed by atoms with Crippen LogP contribution in [0.25, 0.3) is 0 Å². The Labute approximate surface area is 125 Å². The van der Waals surface area contributed by atoms with Crippen molar-refractivity contribution in [2.75, 3.05) is 11.2 Å². The van der Waals surface area contributed by atoms with Crippen molar-refractivity contribution in [2.24, 2.45) is 5.10 Å². The Balaban J connectivity index is 2.23. The van der Waals surface area contributed by atoms with E-state index in [1.165, 1.54) is 11.5 Å². The molecule has 3 N–H and O–H groups in total. The van der Waals surface area contributed by atoms with Crippen LogP contribution in [0.15, 0.2) is 23.3 Å². The Hall–Kier alpha value is -1.30. The molecule has 0 radical (unpaired) electrons. The molecule has 0 aliphatic carbocycles. The largest absolute Gasteiger partial charge is 0.389 e. The highest BCUT2D eigenvalue weighted by Crippen LogP contribution is 2.26. The van der Waals surface area contributed by atoms with Crippen molar-refractivity contribution in [1.82, 2.24) is 4.37 Å². The molecule has 0 aliphatic heterocycles. The smallest absolute Gasteiger partial charge is 0.116 e. The average Bonchev–Trinajstić information content (AvgIpc) is 2.68. The van der Waals surface area contributed by atoms with Crippen LogP contribution in [0.3, 0.4) is 0 Å². The number of anilines is 2. The lowest BCUT2D eigenvalue weighted by Crippen LogP contribution is -2.03. The summed E-state index contributed by atoms with van der Waals surface area (Å²) in [5.74, 6) is 0. The van der Waals surface area contributed by atoms with Crippen molar-refractivity contribution in [3.63, 3.8) is 0 Å². The Morgan fingerprint density at radius 1 is 1.42 bits per heavy atom. The molecule has 0 bridgehead atoms. The molecule has 100 valence electrons. The molecule has 4 nitrogen and oxygen atoms in total. The van der Waals surface area contributed by atoms with Gasteiger partial charge in [0.25, 0.3) is 0 Å². The minimum absolute atomic E-state index is 0.511. The van der Waals surface area contributed by atoms with Crippen LogP contribution in [0, 0.1) is 6.92 Å². The highest BCUT2D eigenvalue weighted by Gasteiger charge is 2.11. The van der Waals surface area contributed by atoms with E-state index < -0.39 is 0 Å². The van der Waals surface area contributed by atoms with Gasteiger partial charge >= 0.3 is 0 Å². The molecule has 0 unspecified atom stereocenters. The fraction of sp³-hybridized carbons (Fsp3) is 0.167. The minimum atomic E-state index is 0.511. The van der Waals surface area contributed by atoms with E-state index in [1.54, 1.807) is 18.2 Å². The number of aryl methyl sites for hydroxylation is 1. The van der Waals surface area contributed by atoms with E-state index in [0.29, 0.717) is 20.7 Å². The zero-order valence-corrected chi connectivity index (χ0v) is 12.7. The first-order valence-electron chi connectivity index (χ1n) is 5.46. The van der Waals surface area contributed by atoms with Crippen molar-refractivity contribution in [2.45, 2.75) is 13.8 Å². The number of nitrogen functional groups attached to an aromatic ring is 1. The van der Waals surface area contributed by atoms with Gasteiger partial charge in [0.05, 0.1) is 27.7 Å². The van der Waals surface area contributed by atoms with Crippen LogP contribution in [0.4, 0.5) is 10.7 Å². The molecule has 0 aliphatic rings. The van der Waals surface area contributed by atoms with E-state index >= 15 is 0 Å². The van der Waals surface area contributed by atoms with Crippen LogP contribution in [0.2, 0.25) is 10.0 Å². The predicted molar refractivity (Wildman–Crippen MR) is 83.6 cm³/mol. The van der Waals surface area contributed by atoms with E-state index in [-0.39, 0.29) is 0 Å². The fourth-order valence-electron chi connectivity index (χ4n) is 1.61. The number of hydrogen-bond acceptors (Lipinski definition) is 5. The molecule has 19 heavy (non-hydrogen) atoms. The quantitative estimate of drug-likeness (QED) is 0.660. The maximum atomic E-state index is 6.05. The lowest BCUT2D eigenvalue weighted by molar-refractivity contribution is 1.29. The van der Waals surface area contributed by atoms with E-state index in [4.69, 9.17) is 28.9 Å². The molecule has 1 aromatic carbocycles. The molecule has 7 heteroatoms. The van der Waals surface area contributed by atoms with Gasteiger partial charge in [-0.05, 0) is 43.6 Å². The molecule has 1 heterocycles. The van der Waals surface area contributed by atoms with Crippen LogP contribution in [0.1, 0.15) is 18.2 Å². The lowest BCUT2D eigenvalue weighted by Gasteiger charge is -2.06. The number of hydrazone groups is 1. The third-order valence-corrected chi connectivity index (χ3v) is 3.84. The number of hydrogen-bond donors (Lipinski definition) is 2. The molecule has 0 amide bonds. The SMILES string of the molecule is C/C(=N/Nc1ccc(Cl)cc1Cl)c1c(C)nsc1N. The van der Waals surface area contributed by atoms with Crippen molar-refractivity contribution in [3.8, 4) is 0 Å². The monoisotopic (exact) mass is 314 g/mol. The summed E-state index contributed by atoms with van der Waals surface area (Å²) in [7, 11) is 0. The van der Waals surface area contributed by atoms with Crippen LogP contribution >= 0.6 is 34.7 Å². The van der Waals surface area contributed by atoms with Crippen molar-refractivity contribution in [3.05, 3.63) is 39.5 Å². The summed E-state index contributed by atoms with van der Waals surface area (Å²) in [5, 5.41) is 6.02. The number of nitrogens with one attached hydrogen (secondary N) is 1. The highest BCUT2D eigenvalue weighted by molar-refractivity contribution is 7.10. The standard InChI is InChI=1S/C12H12Cl2N4S/c1-6(11-7(2)18-19-12(11)15)16-17-10-4-3-8(13)5-9(10)14/h3-5,17H,15H2,1-2H3/b16-6-. The number of nitrogens with zero attached hydrogens (tertiary/aromatic N) is 2. The van der Waals surface area contributed by atoms with Gasteiger partial charge in [0.1, 0.15) is 5.00 Å². The van der Waals surface area contributed by atoms with Gasteiger partial charge in [-0.1, -0.05) is 23.2 Å². The first kappa shape index (κ1) is 14.1. The van der Waals surface area contributed by atoms with Gasteiger partial charge in [-0.3, -0.25) is 5.43 Å². The third kappa shape index (κ3) is 3.18. The zero-order valence-electron chi connectivity index (χ0n) is 10.4. The molecule has 0 fully saturated rings. The maximum Gasteiger partial charge on any atom is 0.116 e. The molecule has 0 saturated carbocycles. The summed E-state index contributed by atoms with van der Waals surface area (Å²) in [6.07, 6.45) is 0. The summed E-state index contributed by atoms with van der Waals surface area (Å²) in [4.78, 5) is 0. The van der Waals surface area contributed by atoms with Gasteiger partial charge in [0, 0.05) is 5.02 Å². The normalized spacial score (nSPS) is 11.7. The second kappa shape index (κ2) is 5.77. The molecule has 1 aromatic heterocycles. The number of nitrogens with two attached hydrogens (primary N) is 1. The van der Waals surface area contributed by atoms with E-state index in [2.05, 4.69) is 14.9 Å². The van der Waals surface area contributed by atoms with Gasteiger partial charge in [0.15, 0.2) is 0 Å². The van der Waals surface area contributed by atoms with Crippen molar-refractivity contribution < 1.29 is 0 Å². The van der Waals surface area contributed by atoms with Crippen LogP contribution in [-0.4, -0.2) is 10.1 Å². The molecule has 0 spiro atoms. The van der Waals surface area contributed by atoms with Gasteiger partial charge in [-0.2, -0.15) is 9.47 Å². The minimum Gasteiger partial charge on any atom is -0.389 e. The summed E-state index contributed by atoms with van der Waals surface area (Å²) in [5.41, 5.74) is 11.9. The summed E-state index contributed by atoms with van der Waals surface area (Å²) in [6, 6.07) is 5.16. The van der Waals surface area contributed by atoms with Gasteiger partial charge in [-0.15, -0.1) is 0 Å². The summed E-state index contributed by atoms with van der Waals surface area (Å²) >= 11 is 13.1. The second-order valence-corrected chi connectivity index (χ2v) is 5.59. The van der Waals surface area contributed by atoms with E-state index in [0.717, 1.165) is 17.0 Å². The van der Waals surface area contributed by atoms with Gasteiger partial charge in [-0.25, -0.2) is 0 Å². The topological polar surface area (TPSA) is 63.3 Å². The first-order chi connectivity index (χ1) is 8.99. The second-order valence-electron chi connectivity index (χ2n) is 3.94. The fourth-order valence-corrected chi connectivity index (χ4v) is 2.77. The molecule has 0 atom stereocenters. The number of halogens is 2. The van der Waals surface area contributed by atoms with Crippen molar-refractivity contribution in [1.29, 1.82) is 0 Å². The number of rotatable bonds is 3. The molecule has 0 saturated heterocycles. The van der Waals surface area contributed by atoms with Crippen LogP contribution < -0.4 is 11.2 Å². The van der Waals surface area contributed by atoms with E-state index in [9.17, 15) is 0 Å². The van der Waals surface area contributed by atoms with Crippen LogP contribution in [0.5, 0.6) is 0 Å². The number of benzene rings is 1. The summed E-state index contributed by atoms with van der Waals surface area (Å²) < 4.78 is 4.19. The van der Waals surface area contributed by atoms with Crippen LogP contribution in [-0.2, 0) is 0 Å². The average molecular weight is 315 g/mol. The zero-order chi connectivity index (χ0) is 14.0. The Kier molecular flexibility index (Phi) is 4.29. The Morgan fingerprint density at radius 2 is 2.16 bits per heavy atom. The predicted octanol–water partition coefficient (Wildman–Crippen LogP) is 4.18. The third-order valence-electron chi connectivity index (χ3n) is 2.53. The number of aromatic nitrogens is 1. The Morgan fingerprint density at radius 3 is 2.74 bits per heavy atom. The van der Waals surface area contributed by atoms with Gasteiger partial charge < -0.3 is 5.73 Å². The Bertz CT molecular complexity index is 617. The molecule has 2 rings (SSSR count). The van der Waals surface area contributed by atoms with Crippen molar-refractivity contribution >= 4 is 51.1 Å².